The van der Waals surface area contributed by atoms with E-state index in [4.69, 9.17) is 9.47 Å². The molecule has 1 unspecified atom stereocenters. The van der Waals surface area contributed by atoms with Gasteiger partial charge in [-0.2, -0.15) is 0 Å². The van der Waals surface area contributed by atoms with Gasteiger partial charge in [-0.1, -0.05) is 24.3 Å². The van der Waals surface area contributed by atoms with Crippen LogP contribution in [-0.2, 0) is 9.47 Å². The molecule has 0 aliphatic heterocycles. The molecule has 0 bridgehead atoms. The zero-order chi connectivity index (χ0) is 11.0. The molecule has 0 fully saturated rings. The van der Waals surface area contributed by atoms with Gasteiger partial charge in [0.05, 0.1) is 19.3 Å². The Morgan fingerprint density at radius 2 is 1.71 bits per heavy atom. The van der Waals surface area contributed by atoms with E-state index in [2.05, 4.69) is 13.2 Å². The molecule has 0 aliphatic carbocycles. The van der Waals surface area contributed by atoms with Gasteiger partial charge in [0.2, 0.25) is 0 Å². The average molecular weight is 198 g/mol. The maximum Gasteiger partial charge on any atom is 0.0675 e. The van der Waals surface area contributed by atoms with Crippen molar-refractivity contribution >= 4 is 0 Å². The van der Waals surface area contributed by atoms with Crippen molar-refractivity contribution < 1.29 is 9.47 Å². The minimum Gasteiger partial charge on any atom is -0.377 e. The molecule has 0 saturated carbocycles. The van der Waals surface area contributed by atoms with Crippen LogP contribution in [0.2, 0.25) is 0 Å². The molecule has 0 aromatic rings. The molecule has 0 rings (SSSR count). The van der Waals surface area contributed by atoms with Crippen LogP contribution in [-0.4, -0.2) is 25.9 Å². The monoisotopic (exact) mass is 198 g/mol. The molecule has 0 aliphatic rings. The van der Waals surface area contributed by atoms with Crippen molar-refractivity contribution in [2.75, 3.05) is 19.8 Å². The van der Waals surface area contributed by atoms with Crippen molar-refractivity contribution in [2.45, 2.75) is 33.3 Å². The Hall–Kier alpha value is -0.600. The molecule has 0 N–H and O–H groups in total. The highest BCUT2D eigenvalue weighted by Crippen LogP contribution is 2.01. The number of hydrogen-bond donors (Lipinski definition) is 0. The van der Waals surface area contributed by atoms with Gasteiger partial charge in [0.25, 0.3) is 0 Å². The van der Waals surface area contributed by atoms with Crippen LogP contribution < -0.4 is 0 Å². The van der Waals surface area contributed by atoms with E-state index < -0.39 is 0 Å². The summed E-state index contributed by atoms with van der Waals surface area (Å²) in [6.45, 7) is 15.5. The van der Waals surface area contributed by atoms with Crippen LogP contribution in [0, 0.1) is 0 Å². The van der Waals surface area contributed by atoms with E-state index in [1.807, 2.05) is 20.8 Å². The summed E-state index contributed by atoms with van der Waals surface area (Å²) < 4.78 is 10.9. The average Bonchev–Trinajstić information content (AvgIpc) is 2.08. The maximum atomic E-state index is 5.51. The molecule has 2 heteroatoms. The zero-order valence-electron chi connectivity index (χ0n) is 9.64. The summed E-state index contributed by atoms with van der Waals surface area (Å²) in [6, 6.07) is 0. The molecule has 0 amide bonds. The van der Waals surface area contributed by atoms with Gasteiger partial charge in [-0.3, -0.25) is 0 Å². The predicted octanol–water partition coefficient (Wildman–Crippen LogP) is 2.95. The summed E-state index contributed by atoms with van der Waals surface area (Å²) in [5.41, 5.74) is 2.11. The third-order valence-corrected chi connectivity index (χ3v) is 1.63. The summed E-state index contributed by atoms with van der Waals surface area (Å²) in [5.74, 6) is 0. The third kappa shape index (κ3) is 9.49. The Morgan fingerprint density at radius 1 is 1.14 bits per heavy atom. The molecular formula is C12H22O2. The van der Waals surface area contributed by atoms with Gasteiger partial charge in [-0.25, -0.2) is 0 Å². The van der Waals surface area contributed by atoms with E-state index in [9.17, 15) is 0 Å². The highest BCUT2D eigenvalue weighted by Gasteiger charge is 2.01. The lowest BCUT2D eigenvalue weighted by molar-refractivity contribution is 0.0474. The van der Waals surface area contributed by atoms with Crippen LogP contribution in [0.4, 0.5) is 0 Å². The lowest BCUT2D eigenvalue weighted by atomic mass is 10.3. The minimum absolute atomic E-state index is 0.233. The summed E-state index contributed by atoms with van der Waals surface area (Å²) >= 11 is 0. The first kappa shape index (κ1) is 13.4. The second-order valence-electron chi connectivity index (χ2n) is 3.88. The molecular weight excluding hydrogens is 176 g/mol. The molecule has 0 spiro atoms. The van der Waals surface area contributed by atoms with Gasteiger partial charge >= 0.3 is 0 Å². The van der Waals surface area contributed by atoms with E-state index >= 15 is 0 Å². The van der Waals surface area contributed by atoms with Crippen molar-refractivity contribution in [3.63, 3.8) is 0 Å². The van der Waals surface area contributed by atoms with E-state index in [0.717, 1.165) is 24.2 Å². The molecule has 14 heavy (non-hydrogen) atoms. The quantitative estimate of drug-likeness (QED) is 0.441. The lowest BCUT2D eigenvalue weighted by Gasteiger charge is -2.13. The first-order valence-corrected chi connectivity index (χ1v) is 5.00. The van der Waals surface area contributed by atoms with Crippen molar-refractivity contribution in [1.82, 2.24) is 0 Å². The van der Waals surface area contributed by atoms with Gasteiger partial charge in [0, 0.05) is 6.61 Å². The van der Waals surface area contributed by atoms with Crippen LogP contribution >= 0.6 is 0 Å². The number of ether oxygens (including phenoxy) is 2. The standard InChI is InChI=1S/C12H22O2/c1-10(2)8-13-7-6-12(5)14-9-11(3)4/h12H,1,3,6-9H2,2,4-5H3. The van der Waals surface area contributed by atoms with Gasteiger partial charge in [-0.15, -0.1) is 0 Å². The Morgan fingerprint density at radius 3 is 2.21 bits per heavy atom. The fraction of sp³-hybridized carbons (Fsp3) is 0.667. The number of hydrogen-bond acceptors (Lipinski definition) is 2. The van der Waals surface area contributed by atoms with Gasteiger partial charge < -0.3 is 9.47 Å². The van der Waals surface area contributed by atoms with Crippen molar-refractivity contribution in [2.24, 2.45) is 0 Å². The minimum atomic E-state index is 0.233. The Bertz CT molecular complexity index is 185. The Balaban J connectivity index is 3.30. The van der Waals surface area contributed by atoms with Crippen molar-refractivity contribution in [1.29, 1.82) is 0 Å². The summed E-state index contributed by atoms with van der Waals surface area (Å²) in [5, 5.41) is 0. The summed E-state index contributed by atoms with van der Waals surface area (Å²) in [7, 11) is 0. The lowest BCUT2D eigenvalue weighted by Crippen LogP contribution is -2.13. The summed E-state index contributed by atoms with van der Waals surface area (Å²) in [6.07, 6.45) is 1.15. The van der Waals surface area contributed by atoms with Crippen LogP contribution in [0.15, 0.2) is 24.3 Å². The number of rotatable bonds is 8. The van der Waals surface area contributed by atoms with Crippen LogP contribution in [0.1, 0.15) is 27.2 Å². The second-order valence-corrected chi connectivity index (χ2v) is 3.88. The normalized spacial score (nSPS) is 12.5. The molecule has 2 nitrogen and oxygen atoms in total. The van der Waals surface area contributed by atoms with Crippen molar-refractivity contribution in [3.8, 4) is 0 Å². The van der Waals surface area contributed by atoms with Crippen LogP contribution in [0.3, 0.4) is 0 Å². The predicted molar refractivity (Wildman–Crippen MR) is 60.5 cm³/mol. The van der Waals surface area contributed by atoms with E-state index in [0.29, 0.717) is 13.2 Å². The summed E-state index contributed by atoms with van der Waals surface area (Å²) in [4.78, 5) is 0. The van der Waals surface area contributed by atoms with Gasteiger partial charge in [-0.05, 0) is 27.2 Å². The van der Waals surface area contributed by atoms with Crippen LogP contribution in [0.5, 0.6) is 0 Å². The third-order valence-electron chi connectivity index (χ3n) is 1.63. The highest BCUT2D eigenvalue weighted by atomic mass is 16.5. The molecule has 82 valence electrons. The van der Waals surface area contributed by atoms with Gasteiger partial charge in [0.1, 0.15) is 0 Å². The van der Waals surface area contributed by atoms with Gasteiger partial charge in [0.15, 0.2) is 0 Å². The fourth-order valence-corrected chi connectivity index (χ4v) is 0.864. The Kier molecular flexibility index (Phi) is 7.44. The molecule has 0 heterocycles. The van der Waals surface area contributed by atoms with Crippen molar-refractivity contribution in [3.05, 3.63) is 24.3 Å². The second kappa shape index (κ2) is 7.77. The maximum absolute atomic E-state index is 5.51. The highest BCUT2D eigenvalue weighted by molar-refractivity contribution is 4.88. The van der Waals surface area contributed by atoms with E-state index in [1.165, 1.54) is 0 Å². The zero-order valence-corrected chi connectivity index (χ0v) is 9.64. The van der Waals surface area contributed by atoms with E-state index in [-0.39, 0.29) is 6.10 Å². The smallest absolute Gasteiger partial charge is 0.0675 e. The molecule has 0 aromatic carbocycles. The molecule has 1 atom stereocenters. The molecule has 0 saturated heterocycles. The Labute approximate surface area is 87.6 Å². The fourth-order valence-electron chi connectivity index (χ4n) is 0.864. The van der Waals surface area contributed by atoms with E-state index in [1.54, 1.807) is 0 Å². The molecule has 0 radical (unpaired) electrons. The first-order chi connectivity index (χ1) is 6.52. The molecule has 0 aromatic heterocycles. The topological polar surface area (TPSA) is 18.5 Å². The largest absolute Gasteiger partial charge is 0.377 e. The SMILES string of the molecule is C=C(C)COCCC(C)OCC(=C)C. The van der Waals surface area contributed by atoms with Crippen LogP contribution in [0.25, 0.3) is 0 Å². The first-order valence-electron chi connectivity index (χ1n) is 5.00.